The van der Waals surface area contributed by atoms with Crippen LogP contribution in [0, 0.1) is 5.92 Å². The van der Waals surface area contributed by atoms with Crippen molar-refractivity contribution in [2.45, 2.75) is 38.8 Å². The first kappa shape index (κ1) is 15.1. The summed E-state index contributed by atoms with van der Waals surface area (Å²) in [6.45, 7) is 3.46. The van der Waals surface area contributed by atoms with Gasteiger partial charge in [0, 0.05) is 37.0 Å². The molecule has 1 N–H and O–H groups in total. The van der Waals surface area contributed by atoms with Crippen LogP contribution in [0.15, 0.2) is 30.3 Å². The molecule has 2 aromatic rings. The van der Waals surface area contributed by atoms with E-state index in [1.807, 2.05) is 31.3 Å². The maximum Gasteiger partial charge on any atom is 0.270 e. The van der Waals surface area contributed by atoms with Crippen molar-refractivity contribution in [2.24, 2.45) is 5.92 Å². The highest BCUT2D eigenvalue weighted by atomic mass is 16.3. The summed E-state index contributed by atoms with van der Waals surface area (Å²) in [4.78, 5) is 14.6. The summed E-state index contributed by atoms with van der Waals surface area (Å²) in [5.74, 6) is 0.255. The number of aliphatic hydroxyl groups excluding tert-OH is 1. The largest absolute Gasteiger partial charge is 0.393 e. The average molecular weight is 300 g/mol. The Morgan fingerprint density at radius 2 is 2.14 bits per heavy atom. The van der Waals surface area contributed by atoms with Crippen molar-refractivity contribution in [1.82, 2.24) is 9.47 Å². The zero-order valence-electron chi connectivity index (χ0n) is 13.3. The molecule has 0 aliphatic heterocycles. The van der Waals surface area contributed by atoms with Crippen LogP contribution in [0.2, 0.25) is 0 Å². The molecule has 2 unspecified atom stereocenters. The second-order valence-corrected chi connectivity index (χ2v) is 6.28. The second-order valence-electron chi connectivity index (χ2n) is 6.28. The van der Waals surface area contributed by atoms with E-state index >= 15 is 0 Å². The zero-order valence-corrected chi connectivity index (χ0v) is 13.3. The Morgan fingerprint density at radius 3 is 2.82 bits per heavy atom. The van der Waals surface area contributed by atoms with Crippen LogP contribution in [0.5, 0.6) is 0 Å². The lowest BCUT2D eigenvalue weighted by atomic mass is 10.1. The van der Waals surface area contributed by atoms with Crippen molar-refractivity contribution in [3.05, 3.63) is 36.0 Å². The fourth-order valence-electron chi connectivity index (χ4n) is 3.59. The lowest BCUT2D eigenvalue weighted by Gasteiger charge is -2.23. The van der Waals surface area contributed by atoms with Crippen LogP contribution in [0.4, 0.5) is 0 Å². The van der Waals surface area contributed by atoms with Gasteiger partial charge in [0.15, 0.2) is 0 Å². The van der Waals surface area contributed by atoms with Crippen molar-refractivity contribution in [3.8, 4) is 0 Å². The van der Waals surface area contributed by atoms with Gasteiger partial charge in [-0.05, 0) is 31.9 Å². The maximum absolute atomic E-state index is 12.8. The third kappa shape index (κ3) is 2.63. The molecular formula is C18H24N2O2. The van der Waals surface area contributed by atoms with Crippen molar-refractivity contribution < 1.29 is 9.90 Å². The highest BCUT2D eigenvalue weighted by molar-refractivity contribution is 5.98. The van der Waals surface area contributed by atoms with Gasteiger partial charge in [-0.3, -0.25) is 4.79 Å². The number of nitrogens with zero attached hydrogens (tertiary/aromatic N) is 2. The zero-order chi connectivity index (χ0) is 15.7. The van der Waals surface area contributed by atoms with Gasteiger partial charge < -0.3 is 14.6 Å². The number of fused-ring (bicyclic) bond motifs is 1. The van der Waals surface area contributed by atoms with Gasteiger partial charge in [0.2, 0.25) is 0 Å². The molecule has 0 spiro atoms. The van der Waals surface area contributed by atoms with Crippen LogP contribution in [-0.2, 0) is 6.54 Å². The molecule has 1 amide bonds. The fraction of sp³-hybridized carbons (Fsp3) is 0.500. The first-order valence-electron chi connectivity index (χ1n) is 8.13. The van der Waals surface area contributed by atoms with E-state index in [0.29, 0.717) is 6.54 Å². The fourth-order valence-corrected chi connectivity index (χ4v) is 3.59. The maximum atomic E-state index is 12.8. The molecule has 4 heteroatoms. The lowest BCUT2D eigenvalue weighted by Crippen LogP contribution is -2.35. The average Bonchev–Trinajstić information content (AvgIpc) is 3.10. The number of para-hydroxylation sites is 1. The standard InChI is InChI=1S/C18H24N2O2/c1-3-20-15-9-5-4-7-13(15)11-16(20)18(22)19(2)12-14-8-6-10-17(14)21/h4-5,7,9,11,14,17,21H,3,6,8,10,12H2,1-2H3. The van der Waals surface area contributed by atoms with Crippen LogP contribution in [0.25, 0.3) is 10.9 Å². The lowest BCUT2D eigenvalue weighted by molar-refractivity contribution is 0.0684. The second kappa shape index (κ2) is 6.13. The van der Waals surface area contributed by atoms with Gasteiger partial charge in [0.05, 0.1) is 6.10 Å². The summed E-state index contributed by atoms with van der Waals surface area (Å²) in [7, 11) is 1.84. The predicted molar refractivity (Wildman–Crippen MR) is 87.9 cm³/mol. The van der Waals surface area contributed by atoms with E-state index in [2.05, 4.69) is 17.6 Å². The molecule has 1 aliphatic carbocycles. The first-order valence-corrected chi connectivity index (χ1v) is 8.13. The molecule has 1 aromatic carbocycles. The number of rotatable bonds is 4. The Bertz CT molecular complexity index is 677. The van der Waals surface area contributed by atoms with E-state index in [4.69, 9.17) is 0 Å². The number of amides is 1. The number of hydrogen-bond acceptors (Lipinski definition) is 2. The quantitative estimate of drug-likeness (QED) is 0.943. The van der Waals surface area contributed by atoms with Crippen molar-refractivity contribution in [2.75, 3.05) is 13.6 Å². The number of carbonyl (C=O) groups excluding carboxylic acids is 1. The number of benzene rings is 1. The molecule has 4 nitrogen and oxygen atoms in total. The van der Waals surface area contributed by atoms with Crippen LogP contribution < -0.4 is 0 Å². The normalized spacial score (nSPS) is 21.4. The number of carbonyl (C=O) groups is 1. The molecule has 1 fully saturated rings. The Kier molecular flexibility index (Phi) is 4.21. The van der Waals surface area contributed by atoms with Crippen molar-refractivity contribution in [1.29, 1.82) is 0 Å². The predicted octanol–water partition coefficient (Wildman–Crippen LogP) is 2.89. The topological polar surface area (TPSA) is 45.5 Å². The molecule has 0 radical (unpaired) electrons. The van der Waals surface area contributed by atoms with E-state index in [1.54, 1.807) is 4.90 Å². The van der Waals surface area contributed by atoms with E-state index in [-0.39, 0.29) is 17.9 Å². The van der Waals surface area contributed by atoms with Crippen LogP contribution in [0.1, 0.15) is 36.7 Å². The smallest absolute Gasteiger partial charge is 0.270 e. The highest BCUT2D eigenvalue weighted by Gasteiger charge is 2.28. The molecule has 3 rings (SSSR count). The van der Waals surface area contributed by atoms with E-state index in [0.717, 1.165) is 42.4 Å². The number of aryl methyl sites for hydroxylation is 1. The third-order valence-corrected chi connectivity index (χ3v) is 4.82. The van der Waals surface area contributed by atoms with Gasteiger partial charge in [-0.2, -0.15) is 0 Å². The molecule has 1 aliphatic rings. The number of aliphatic hydroxyl groups is 1. The minimum atomic E-state index is -0.257. The molecule has 1 saturated carbocycles. The Morgan fingerprint density at radius 1 is 1.36 bits per heavy atom. The van der Waals surface area contributed by atoms with E-state index in [9.17, 15) is 9.90 Å². The summed E-state index contributed by atoms with van der Waals surface area (Å²) in [5, 5.41) is 11.1. The summed E-state index contributed by atoms with van der Waals surface area (Å²) >= 11 is 0. The molecule has 22 heavy (non-hydrogen) atoms. The first-order chi connectivity index (χ1) is 10.6. The summed E-state index contributed by atoms with van der Waals surface area (Å²) < 4.78 is 2.07. The summed E-state index contributed by atoms with van der Waals surface area (Å²) in [6, 6.07) is 10.1. The molecule has 1 heterocycles. The number of aromatic nitrogens is 1. The van der Waals surface area contributed by atoms with Crippen LogP contribution in [0.3, 0.4) is 0 Å². The van der Waals surface area contributed by atoms with Crippen molar-refractivity contribution >= 4 is 16.8 Å². The molecule has 1 aromatic heterocycles. The van der Waals surface area contributed by atoms with E-state index < -0.39 is 0 Å². The van der Waals surface area contributed by atoms with Gasteiger partial charge in [0.1, 0.15) is 5.69 Å². The van der Waals surface area contributed by atoms with Crippen molar-refractivity contribution in [3.63, 3.8) is 0 Å². The van der Waals surface area contributed by atoms with Gasteiger partial charge in [0.25, 0.3) is 5.91 Å². The number of hydrogen-bond donors (Lipinski definition) is 1. The van der Waals surface area contributed by atoms with Gasteiger partial charge >= 0.3 is 0 Å². The molecule has 0 bridgehead atoms. The third-order valence-electron chi connectivity index (χ3n) is 4.82. The van der Waals surface area contributed by atoms with Gasteiger partial charge in [-0.25, -0.2) is 0 Å². The minimum absolute atomic E-state index is 0.0390. The Balaban J connectivity index is 1.85. The summed E-state index contributed by atoms with van der Waals surface area (Å²) in [5.41, 5.74) is 1.83. The summed E-state index contributed by atoms with van der Waals surface area (Å²) in [6.07, 6.45) is 2.67. The van der Waals surface area contributed by atoms with Crippen LogP contribution >= 0.6 is 0 Å². The van der Waals surface area contributed by atoms with Gasteiger partial charge in [-0.1, -0.05) is 24.6 Å². The van der Waals surface area contributed by atoms with E-state index in [1.165, 1.54) is 0 Å². The minimum Gasteiger partial charge on any atom is -0.393 e. The molecule has 2 atom stereocenters. The molecule has 118 valence electrons. The Labute approximate surface area is 131 Å². The van der Waals surface area contributed by atoms with Crippen LogP contribution in [-0.4, -0.2) is 40.2 Å². The Hall–Kier alpha value is -1.81. The molecular weight excluding hydrogens is 276 g/mol. The van der Waals surface area contributed by atoms with Gasteiger partial charge in [-0.15, -0.1) is 0 Å². The monoisotopic (exact) mass is 300 g/mol. The highest BCUT2D eigenvalue weighted by Crippen LogP contribution is 2.27. The molecule has 0 saturated heterocycles. The SMILES string of the molecule is CCn1c(C(=O)N(C)CC2CCCC2O)cc2ccccc21.